The molecule has 0 unspecified atom stereocenters. The summed E-state index contributed by atoms with van der Waals surface area (Å²) in [5.41, 5.74) is 0.816. The van der Waals surface area contributed by atoms with Crippen LogP contribution in [0.5, 0.6) is 0 Å². The average molecular weight is 335 g/mol. The lowest BCUT2D eigenvalue weighted by atomic mass is 9.81. The highest BCUT2D eigenvalue weighted by Gasteiger charge is 2.37. The predicted octanol–water partition coefficient (Wildman–Crippen LogP) is 0.821. The van der Waals surface area contributed by atoms with E-state index in [4.69, 9.17) is 5.11 Å². The molecule has 3 atom stereocenters. The van der Waals surface area contributed by atoms with E-state index in [0.717, 1.165) is 29.2 Å². The first kappa shape index (κ1) is 16.5. The normalized spacial score (nSPS) is 27.3. The van der Waals surface area contributed by atoms with E-state index in [9.17, 15) is 19.8 Å². The molecule has 2 fully saturated rings. The maximum absolute atomic E-state index is 11.5. The van der Waals surface area contributed by atoms with E-state index in [0.29, 0.717) is 19.5 Å². The average Bonchev–Trinajstić information content (AvgIpc) is 3.01. The monoisotopic (exact) mass is 335 g/mol. The smallest absolute Gasteiger partial charge is 0.407 e. The van der Waals surface area contributed by atoms with Gasteiger partial charge in [0.05, 0.1) is 12.0 Å². The fourth-order valence-corrected chi connectivity index (χ4v) is 3.53. The third-order valence-electron chi connectivity index (χ3n) is 4.89. The number of hydrogen-bond donors (Lipinski definition) is 3. The highest BCUT2D eigenvalue weighted by atomic mass is 16.4. The Morgan fingerprint density at radius 2 is 1.92 bits per heavy atom. The van der Waals surface area contributed by atoms with Crippen LogP contribution in [0.1, 0.15) is 24.3 Å². The summed E-state index contributed by atoms with van der Waals surface area (Å²) in [4.78, 5) is 30.2. The largest absolute Gasteiger partial charge is 0.481 e. The molecule has 3 rings (SSSR count). The number of carbonyl (C=O) groups is 2. The molecule has 8 heteroatoms. The molecular weight excluding hydrogens is 314 g/mol. The van der Waals surface area contributed by atoms with Gasteiger partial charge in [0.15, 0.2) is 0 Å². The maximum atomic E-state index is 11.5. The number of β-amino-alcohol motifs (C(OH)–C–C–N with tert-alkyl or cyclic N) is 1. The Hall–Kier alpha value is -2.35. The number of carboxylic acid groups (broad SMARTS) is 2. The number of rotatable bonds is 3. The summed E-state index contributed by atoms with van der Waals surface area (Å²) in [6, 6.07) is 3.71. The number of nitrogens with zero attached hydrogens (tertiary/aromatic N) is 3. The van der Waals surface area contributed by atoms with E-state index in [1.807, 2.05) is 17.0 Å². The minimum atomic E-state index is -1.08. The third kappa shape index (κ3) is 3.28. The van der Waals surface area contributed by atoms with Crippen LogP contribution in [0.3, 0.4) is 0 Å². The van der Waals surface area contributed by atoms with Gasteiger partial charge in [0, 0.05) is 38.3 Å². The summed E-state index contributed by atoms with van der Waals surface area (Å²) in [6.07, 6.45) is 1.45. The number of aliphatic hydroxyl groups is 1. The van der Waals surface area contributed by atoms with Crippen molar-refractivity contribution in [3.63, 3.8) is 0 Å². The molecule has 2 aliphatic heterocycles. The number of hydrogen-bond acceptors (Lipinski definition) is 5. The van der Waals surface area contributed by atoms with Crippen LogP contribution in [0, 0.1) is 5.92 Å². The van der Waals surface area contributed by atoms with Crippen LogP contribution in [-0.2, 0) is 4.79 Å². The van der Waals surface area contributed by atoms with Crippen LogP contribution in [0.2, 0.25) is 0 Å². The fourth-order valence-electron chi connectivity index (χ4n) is 3.53. The summed E-state index contributed by atoms with van der Waals surface area (Å²) >= 11 is 0. The van der Waals surface area contributed by atoms with E-state index >= 15 is 0 Å². The van der Waals surface area contributed by atoms with Gasteiger partial charge in [-0.1, -0.05) is 6.07 Å². The van der Waals surface area contributed by atoms with Gasteiger partial charge < -0.3 is 25.1 Å². The molecule has 1 amide bonds. The van der Waals surface area contributed by atoms with Gasteiger partial charge in [0.2, 0.25) is 0 Å². The van der Waals surface area contributed by atoms with Gasteiger partial charge in [-0.05, 0) is 24.5 Å². The Labute approximate surface area is 139 Å². The van der Waals surface area contributed by atoms with E-state index in [1.165, 1.54) is 0 Å². The molecule has 24 heavy (non-hydrogen) atoms. The van der Waals surface area contributed by atoms with Crippen LogP contribution in [0.4, 0.5) is 10.6 Å². The Bertz CT molecular complexity index is 621. The summed E-state index contributed by atoms with van der Waals surface area (Å²) in [5, 5.41) is 28.1. The second-order valence-electron chi connectivity index (χ2n) is 6.41. The van der Waals surface area contributed by atoms with Gasteiger partial charge in [0.25, 0.3) is 0 Å². The first-order chi connectivity index (χ1) is 11.5. The molecule has 0 aromatic carbocycles. The van der Waals surface area contributed by atoms with Crippen LogP contribution in [0.15, 0.2) is 18.3 Å². The van der Waals surface area contributed by atoms with Crippen LogP contribution < -0.4 is 4.90 Å². The highest BCUT2D eigenvalue weighted by molar-refractivity contribution is 5.74. The lowest BCUT2D eigenvalue weighted by Gasteiger charge is -2.35. The van der Waals surface area contributed by atoms with E-state index in [2.05, 4.69) is 4.98 Å². The van der Waals surface area contributed by atoms with Crippen molar-refractivity contribution in [1.29, 1.82) is 0 Å². The quantitative estimate of drug-likeness (QED) is 0.749. The molecule has 0 radical (unpaired) electrons. The van der Waals surface area contributed by atoms with Gasteiger partial charge in [-0.25, -0.2) is 9.78 Å². The van der Waals surface area contributed by atoms with Crippen molar-refractivity contribution in [1.82, 2.24) is 9.88 Å². The number of likely N-dealkylation sites (tertiary alicyclic amines) is 1. The first-order valence-corrected chi connectivity index (χ1v) is 8.05. The van der Waals surface area contributed by atoms with Crippen LogP contribution >= 0.6 is 0 Å². The van der Waals surface area contributed by atoms with Gasteiger partial charge in [-0.2, -0.15) is 0 Å². The second kappa shape index (κ2) is 6.64. The summed E-state index contributed by atoms with van der Waals surface area (Å²) < 4.78 is 0. The molecule has 130 valence electrons. The molecule has 0 spiro atoms. The fraction of sp³-hybridized carbons (Fsp3) is 0.562. The Balaban J connectivity index is 1.75. The lowest BCUT2D eigenvalue weighted by Crippen LogP contribution is -2.45. The van der Waals surface area contributed by atoms with Gasteiger partial charge in [-0.15, -0.1) is 0 Å². The SMILES string of the molecule is O=C(O)[C@@H]1CN(C(=O)O)CC[C@@H]1c1ccc(N2CC[C@H](O)C2)nc1. The van der Waals surface area contributed by atoms with Crippen LogP contribution in [-0.4, -0.2) is 69.5 Å². The summed E-state index contributed by atoms with van der Waals surface area (Å²) in [6.45, 7) is 1.63. The van der Waals surface area contributed by atoms with Crippen molar-refractivity contribution in [3.8, 4) is 0 Å². The molecule has 1 aromatic rings. The molecule has 8 nitrogen and oxygen atoms in total. The predicted molar refractivity (Wildman–Crippen MR) is 85.2 cm³/mol. The molecule has 0 bridgehead atoms. The van der Waals surface area contributed by atoms with Crippen molar-refractivity contribution < 1.29 is 24.9 Å². The number of piperidine rings is 1. The van der Waals surface area contributed by atoms with E-state index in [-0.39, 0.29) is 18.6 Å². The van der Waals surface area contributed by atoms with Gasteiger partial charge in [0.1, 0.15) is 5.82 Å². The Kier molecular flexibility index (Phi) is 4.57. The molecule has 3 heterocycles. The topological polar surface area (TPSA) is 114 Å². The minimum absolute atomic E-state index is 0.00456. The zero-order valence-corrected chi connectivity index (χ0v) is 13.2. The molecule has 0 aliphatic carbocycles. The molecule has 0 saturated carbocycles. The van der Waals surface area contributed by atoms with Crippen molar-refractivity contribution in [3.05, 3.63) is 23.9 Å². The molecule has 2 saturated heterocycles. The molecular formula is C16H21N3O5. The number of aliphatic hydroxyl groups excluding tert-OH is 1. The second-order valence-corrected chi connectivity index (χ2v) is 6.41. The van der Waals surface area contributed by atoms with Gasteiger partial charge >= 0.3 is 12.1 Å². The molecule has 1 aromatic heterocycles. The van der Waals surface area contributed by atoms with Crippen molar-refractivity contribution in [2.24, 2.45) is 5.92 Å². The maximum Gasteiger partial charge on any atom is 0.407 e. The summed E-state index contributed by atoms with van der Waals surface area (Å²) in [7, 11) is 0. The number of aliphatic carboxylic acids is 1. The van der Waals surface area contributed by atoms with Crippen molar-refractivity contribution >= 4 is 17.9 Å². The number of amides is 1. The first-order valence-electron chi connectivity index (χ1n) is 8.05. The number of carboxylic acids is 1. The molecule has 2 aliphatic rings. The number of anilines is 1. The van der Waals surface area contributed by atoms with Crippen LogP contribution in [0.25, 0.3) is 0 Å². The third-order valence-corrected chi connectivity index (χ3v) is 4.89. The Morgan fingerprint density at radius 3 is 2.46 bits per heavy atom. The zero-order chi connectivity index (χ0) is 17.3. The van der Waals surface area contributed by atoms with Crippen molar-refractivity contribution in [2.45, 2.75) is 24.9 Å². The lowest BCUT2D eigenvalue weighted by molar-refractivity contribution is -0.144. The summed E-state index contributed by atoms with van der Waals surface area (Å²) in [5.74, 6) is -1.23. The minimum Gasteiger partial charge on any atom is -0.481 e. The number of aromatic nitrogens is 1. The highest BCUT2D eigenvalue weighted by Crippen LogP contribution is 2.33. The standard InChI is InChI=1S/C16H21N3O5/c20-11-3-5-18(8-11)14-2-1-10(7-17-14)12-4-6-19(16(23)24)9-13(12)15(21)22/h1-2,7,11-13,20H,3-6,8-9H2,(H,21,22)(H,23,24)/t11-,12+,13+/m0/s1. The van der Waals surface area contributed by atoms with Gasteiger partial charge in [-0.3, -0.25) is 4.79 Å². The van der Waals surface area contributed by atoms with Crippen molar-refractivity contribution in [2.75, 3.05) is 31.1 Å². The molecule has 3 N–H and O–H groups in total. The zero-order valence-electron chi connectivity index (χ0n) is 13.2. The Morgan fingerprint density at radius 1 is 1.12 bits per heavy atom. The number of pyridine rings is 1. The van der Waals surface area contributed by atoms with E-state index < -0.39 is 18.0 Å². The van der Waals surface area contributed by atoms with E-state index in [1.54, 1.807) is 6.20 Å².